The van der Waals surface area contributed by atoms with Crippen molar-refractivity contribution < 1.29 is 14.3 Å². The molecule has 0 bridgehead atoms. The second-order valence-electron chi connectivity index (χ2n) is 4.27. The third kappa shape index (κ3) is 4.62. The van der Waals surface area contributed by atoms with Gasteiger partial charge in [-0.1, -0.05) is 25.1 Å². The highest BCUT2D eigenvalue weighted by Gasteiger charge is 2.17. The van der Waals surface area contributed by atoms with Crippen LogP contribution in [-0.2, 0) is 20.7 Å². The molecular weight excluding hydrogens is 244 g/mol. The van der Waals surface area contributed by atoms with Crippen molar-refractivity contribution in [2.75, 3.05) is 25.9 Å². The topological polar surface area (TPSA) is 72.6 Å². The van der Waals surface area contributed by atoms with Gasteiger partial charge in [0.15, 0.2) is 0 Å². The van der Waals surface area contributed by atoms with Crippen molar-refractivity contribution in [2.45, 2.75) is 19.8 Å². The van der Waals surface area contributed by atoms with E-state index < -0.39 is 5.97 Å². The van der Waals surface area contributed by atoms with E-state index in [1.54, 1.807) is 6.07 Å². The van der Waals surface area contributed by atoms with E-state index in [1.165, 1.54) is 12.0 Å². The molecule has 0 aliphatic carbocycles. The molecule has 0 aromatic heterocycles. The van der Waals surface area contributed by atoms with E-state index >= 15 is 0 Å². The number of nitrogens with two attached hydrogens (primary N) is 1. The number of para-hydroxylation sites is 1. The van der Waals surface area contributed by atoms with E-state index in [-0.39, 0.29) is 18.9 Å². The molecule has 0 aliphatic rings. The number of nitrogen functional groups attached to an aromatic ring is 1. The molecule has 1 rings (SSSR count). The third-order valence-corrected chi connectivity index (χ3v) is 2.79. The number of hydrogen-bond donors (Lipinski definition) is 1. The van der Waals surface area contributed by atoms with Gasteiger partial charge in [-0.15, -0.1) is 0 Å². The maximum absolute atomic E-state index is 12.2. The molecule has 0 spiro atoms. The summed E-state index contributed by atoms with van der Waals surface area (Å²) in [7, 11) is 1.31. The minimum Gasteiger partial charge on any atom is -0.468 e. The summed E-state index contributed by atoms with van der Waals surface area (Å²) in [4.78, 5) is 24.9. The lowest BCUT2D eigenvalue weighted by Gasteiger charge is -2.21. The zero-order valence-corrected chi connectivity index (χ0v) is 11.4. The second kappa shape index (κ2) is 7.41. The highest BCUT2D eigenvalue weighted by molar-refractivity contribution is 5.84. The van der Waals surface area contributed by atoms with E-state index in [1.807, 2.05) is 25.1 Å². The summed E-state index contributed by atoms with van der Waals surface area (Å²) in [5, 5.41) is 0. The van der Waals surface area contributed by atoms with Gasteiger partial charge in [0, 0.05) is 12.2 Å². The quantitative estimate of drug-likeness (QED) is 0.619. The largest absolute Gasteiger partial charge is 0.468 e. The molecule has 0 radical (unpaired) electrons. The van der Waals surface area contributed by atoms with Gasteiger partial charge >= 0.3 is 5.97 Å². The Kier molecular flexibility index (Phi) is 5.85. The minimum atomic E-state index is -0.414. The van der Waals surface area contributed by atoms with Crippen LogP contribution in [0.15, 0.2) is 24.3 Å². The average Bonchev–Trinajstić information content (AvgIpc) is 2.40. The van der Waals surface area contributed by atoms with Crippen molar-refractivity contribution in [3.63, 3.8) is 0 Å². The van der Waals surface area contributed by atoms with Gasteiger partial charge in [-0.3, -0.25) is 9.59 Å². The van der Waals surface area contributed by atoms with Gasteiger partial charge in [0.1, 0.15) is 6.54 Å². The van der Waals surface area contributed by atoms with Crippen LogP contribution >= 0.6 is 0 Å². The zero-order chi connectivity index (χ0) is 14.3. The maximum Gasteiger partial charge on any atom is 0.325 e. The molecule has 104 valence electrons. The summed E-state index contributed by atoms with van der Waals surface area (Å²) in [5.74, 6) is -0.534. The first-order valence-electron chi connectivity index (χ1n) is 6.26. The summed E-state index contributed by atoms with van der Waals surface area (Å²) >= 11 is 0. The lowest BCUT2D eigenvalue weighted by molar-refractivity contribution is -0.146. The molecule has 0 saturated carbocycles. The molecule has 0 heterocycles. The molecule has 0 saturated heterocycles. The number of benzene rings is 1. The van der Waals surface area contributed by atoms with Gasteiger partial charge < -0.3 is 15.4 Å². The van der Waals surface area contributed by atoms with Crippen molar-refractivity contribution in [3.05, 3.63) is 29.8 Å². The number of nitrogens with zero attached hydrogens (tertiary/aromatic N) is 1. The molecule has 0 aliphatic heterocycles. The number of ether oxygens (including phenoxy) is 1. The summed E-state index contributed by atoms with van der Waals surface area (Å²) in [5.41, 5.74) is 7.17. The van der Waals surface area contributed by atoms with Crippen LogP contribution in [0.3, 0.4) is 0 Å². The molecule has 2 N–H and O–H groups in total. The van der Waals surface area contributed by atoms with Crippen LogP contribution in [0.5, 0.6) is 0 Å². The Hall–Kier alpha value is -2.04. The number of anilines is 1. The Bertz CT molecular complexity index is 446. The molecule has 0 fully saturated rings. The maximum atomic E-state index is 12.2. The lowest BCUT2D eigenvalue weighted by atomic mass is 10.1. The van der Waals surface area contributed by atoms with Crippen molar-refractivity contribution in [3.8, 4) is 0 Å². The Morgan fingerprint density at radius 2 is 2.00 bits per heavy atom. The van der Waals surface area contributed by atoms with Gasteiger partial charge in [0.05, 0.1) is 13.5 Å². The first-order chi connectivity index (χ1) is 9.08. The first-order valence-corrected chi connectivity index (χ1v) is 6.26. The van der Waals surface area contributed by atoms with Gasteiger partial charge in [-0.25, -0.2) is 0 Å². The number of carbonyl (C=O) groups excluding carboxylic acids is 2. The normalized spacial score (nSPS) is 10.0. The molecule has 19 heavy (non-hydrogen) atoms. The van der Waals surface area contributed by atoms with Crippen molar-refractivity contribution in [1.29, 1.82) is 0 Å². The number of rotatable bonds is 6. The van der Waals surface area contributed by atoms with E-state index in [4.69, 9.17) is 5.73 Å². The molecule has 1 amide bonds. The van der Waals surface area contributed by atoms with E-state index in [2.05, 4.69) is 4.74 Å². The van der Waals surface area contributed by atoms with Crippen molar-refractivity contribution in [1.82, 2.24) is 4.90 Å². The Morgan fingerprint density at radius 3 is 2.58 bits per heavy atom. The molecule has 0 atom stereocenters. The number of hydrogen-bond acceptors (Lipinski definition) is 4. The number of esters is 1. The van der Waals surface area contributed by atoms with Crippen LogP contribution in [0.2, 0.25) is 0 Å². The van der Waals surface area contributed by atoms with Crippen molar-refractivity contribution in [2.24, 2.45) is 0 Å². The zero-order valence-electron chi connectivity index (χ0n) is 11.4. The van der Waals surface area contributed by atoms with Crippen LogP contribution in [-0.4, -0.2) is 37.0 Å². The predicted octanol–water partition coefficient (Wildman–Crippen LogP) is 1.22. The summed E-state index contributed by atoms with van der Waals surface area (Å²) in [6.45, 7) is 2.46. The average molecular weight is 264 g/mol. The van der Waals surface area contributed by atoms with Gasteiger partial charge in [0.25, 0.3) is 0 Å². The van der Waals surface area contributed by atoms with Crippen molar-refractivity contribution >= 4 is 17.6 Å². The lowest BCUT2D eigenvalue weighted by Crippen LogP contribution is -2.37. The van der Waals surface area contributed by atoms with Gasteiger partial charge in [0.2, 0.25) is 5.91 Å². The third-order valence-electron chi connectivity index (χ3n) is 2.79. The molecule has 5 heteroatoms. The SMILES string of the molecule is CCCN(CC(=O)OC)C(=O)Cc1ccccc1N. The summed E-state index contributed by atoms with van der Waals surface area (Å²) in [6.07, 6.45) is 0.983. The number of carbonyl (C=O) groups is 2. The number of amides is 1. The van der Waals surface area contributed by atoms with E-state index in [0.29, 0.717) is 12.2 Å². The molecule has 0 unspecified atom stereocenters. The molecule has 1 aromatic rings. The predicted molar refractivity (Wildman–Crippen MR) is 73.4 cm³/mol. The highest BCUT2D eigenvalue weighted by atomic mass is 16.5. The first kappa shape index (κ1) is 15.0. The fourth-order valence-electron chi connectivity index (χ4n) is 1.75. The highest BCUT2D eigenvalue weighted by Crippen LogP contribution is 2.12. The van der Waals surface area contributed by atoms with Crippen LogP contribution in [0.1, 0.15) is 18.9 Å². The standard InChI is InChI=1S/C14H20N2O3/c1-3-8-16(10-14(18)19-2)13(17)9-11-6-4-5-7-12(11)15/h4-7H,3,8-10,15H2,1-2H3. The number of methoxy groups -OCH3 is 1. The smallest absolute Gasteiger partial charge is 0.325 e. The second-order valence-corrected chi connectivity index (χ2v) is 4.27. The summed E-state index contributed by atoms with van der Waals surface area (Å²) in [6, 6.07) is 7.23. The summed E-state index contributed by atoms with van der Waals surface area (Å²) < 4.78 is 4.59. The van der Waals surface area contributed by atoms with Gasteiger partial charge in [-0.05, 0) is 18.1 Å². The fourth-order valence-corrected chi connectivity index (χ4v) is 1.75. The minimum absolute atomic E-state index is 0.0179. The molecular formula is C14H20N2O3. The Balaban J connectivity index is 2.72. The monoisotopic (exact) mass is 264 g/mol. The van der Waals surface area contributed by atoms with Gasteiger partial charge in [-0.2, -0.15) is 0 Å². The van der Waals surface area contributed by atoms with Crippen LogP contribution in [0.25, 0.3) is 0 Å². The fraction of sp³-hybridized carbons (Fsp3) is 0.429. The van der Waals surface area contributed by atoms with Crippen LogP contribution < -0.4 is 5.73 Å². The van der Waals surface area contributed by atoms with Crippen LogP contribution in [0, 0.1) is 0 Å². The van der Waals surface area contributed by atoms with E-state index in [0.717, 1.165) is 12.0 Å². The molecule has 5 nitrogen and oxygen atoms in total. The Labute approximate surface area is 113 Å². The molecule has 1 aromatic carbocycles. The van der Waals surface area contributed by atoms with Crippen LogP contribution in [0.4, 0.5) is 5.69 Å². The van der Waals surface area contributed by atoms with E-state index in [9.17, 15) is 9.59 Å². The Morgan fingerprint density at radius 1 is 1.32 bits per heavy atom.